The fourth-order valence-corrected chi connectivity index (χ4v) is 3.65. The Bertz CT molecular complexity index is 1260. The molecule has 1 aliphatic rings. The Morgan fingerprint density at radius 3 is 2.69 bits per heavy atom. The lowest BCUT2D eigenvalue weighted by molar-refractivity contribution is 0.402. The van der Waals surface area contributed by atoms with Crippen LogP contribution in [0, 0.1) is 6.92 Å². The van der Waals surface area contributed by atoms with Crippen molar-refractivity contribution >= 4 is 11.6 Å². The zero-order valence-electron chi connectivity index (χ0n) is 15.7. The van der Waals surface area contributed by atoms with Gasteiger partial charge in [0.2, 0.25) is 5.95 Å². The second-order valence-electron chi connectivity index (χ2n) is 6.77. The van der Waals surface area contributed by atoms with Crippen molar-refractivity contribution in [3.8, 4) is 17.0 Å². The van der Waals surface area contributed by atoms with Crippen molar-refractivity contribution in [2.24, 2.45) is 0 Å². The summed E-state index contributed by atoms with van der Waals surface area (Å²) in [5.41, 5.74) is 4.19. The molecule has 0 bridgehead atoms. The number of H-pyrrole nitrogens is 1. The van der Waals surface area contributed by atoms with Gasteiger partial charge in [-0.2, -0.15) is 9.78 Å². The molecule has 1 aliphatic heterocycles. The summed E-state index contributed by atoms with van der Waals surface area (Å²) < 4.78 is 7.23. The van der Waals surface area contributed by atoms with E-state index in [4.69, 9.17) is 4.74 Å². The van der Waals surface area contributed by atoms with Crippen LogP contribution in [-0.4, -0.2) is 37.5 Å². The first-order valence-electron chi connectivity index (χ1n) is 9.05. The van der Waals surface area contributed by atoms with Crippen LogP contribution in [0.3, 0.4) is 0 Å². The number of anilines is 2. The topological polar surface area (TPSA) is 111 Å². The van der Waals surface area contributed by atoms with E-state index in [1.165, 1.54) is 0 Å². The number of para-hydroxylation sites is 1. The number of methoxy groups -OCH3 is 1. The third-order valence-corrected chi connectivity index (χ3v) is 5.03. The molecule has 0 unspecified atom stereocenters. The first kappa shape index (κ1) is 17.1. The van der Waals surface area contributed by atoms with Gasteiger partial charge in [0.1, 0.15) is 17.5 Å². The van der Waals surface area contributed by atoms with Crippen molar-refractivity contribution in [1.29, 1.82) is 0 Å². The lowest BCUT2D eigenvalue weighted by Crippen LogP contribution is -2.29. The summed E-state index contributed by atoms with van der Waals surface area (Å²) in [5.74, 6) is 1.04. The third kappa shape index (κ3) is 2.66. The predicted octanol–water partition coefficient (Wildman–Crippen LogP) is 2.44. The normalized spacial score (nSPS) is 14.6. The molecule has 2 N–H and O–H groups in total. The second kappa shape index (κ2) is 6.55. The average molecular weight is 387 g/mol. The van der Waals surface area contributed by atoms with E-state index in [1.807, 2.05) is 55.5 Å². The van der Waals surface area contributed by atoms with Crippen LogP contribution in [0.5, 0.6) is 5.75 Å². The zero-order chi connectivity index (χ0) is 20.0. The lowest BCUT2D eigenvalue weighted by Gasteiger charge is -2.28. The Morgan fingerprint density at radius 2 is 1.90 bits per heavy atom. The summed E-state index contributed by atoms with van der Waals surface area (Å²) in [6.45, 7) is 2.02. The number of hydrogen-bond acceptors (Lipinski definition) is 7. The molecule has 29 heavy (non-hydrogen) atoms. The van der Waals surface area contributed by atoms with Gasteiger partial charge in [0.05, 0.1) is 12.8 Å². The molecule has 4 aromatic rings. The minimum atomic E-state index is -0.487. The first-order chi connectivity index (χ1) is 14.2. The molecule has 3 heterocycles. The van der Waals surface area contributed by atoms with Crippen molar-refractivity contribution in [2.75, 3.05) is 12.4 Å². The number of tetrazole rings is 1. The van der Waals surface area contributed by atoms with Crippen LogP contribution in [0.25, 0.3) is 11.3 Å². The zero-order valence-corrected chi connectivity index (χ0v) is 15.7. The molecular weight excluding hydrogens is 370 g/mol. The highest BCUT2D eigenvalue weighted by Crippen LogP contribution is 2.43. The Hall–Kier alpha value is -4.01. The molecule has 0 amide bonds. The van der Waals surface area contributed by atoms with Gasteiger partial charge in [-0.15, -0.1) is 0 Å². The van der Waals surface area contributed by atoms with Crippen molar-refractivity contribution in [2.45, 2.75) is 13.0 Å². The maximum atomic E-state index is 12.7. The maximum absolute atomic E-state index is 12.7. The largest absolute Gasteiger partial charge is 0.496 e. The minimum Gasteiger partial charge on any atom is -0.496 e. The first-order valence-corrected chi connectivity index (χ1v) is 9.05. The number of aromatic amines is 1. The highest BCUT2D eigenvalue weighted by atomic mass is 16.5. The third-order valence-electron chi connectivity index (χ3n) is 5.03. The molecule has 0 radical (unpaired) electrons. The molecule has 0 spiro atoms. The lowest BCUT2D eigenvalue weighted by atomic mass is 9.92. The summed E-state index contributed by atoms with van der Waals surface area (Å²) >= 11 is 0. The molecule has 9 heteroatoms. The van der Waals surface area contributed by atoms with Crippen molar-refractivity contribution in [3.05, 3.63) is 75.6 Å². The maximum Gasteiger partial charge on any atom is 0.288 e. The van der Waals surface area contributed by atoms with Gasteiger partial charge >= 0.3 is 0 Å². The number of ether oxygens (including phenoxy) is 1. The minimum absolute atomic E-state index is 0.343. The highest BCUT2D eigenvalue weighted by molar-refractivity contribution is 5.76. The average Bonchev–Trinajstić information content (AvgIpc) is 3.22. The quantitative estimate of drug-likeness (QED) is 0.489. The number of hydrogen-bond donors (Lipinski definition) is 2. The number of nitrogens with one attached hydrogen (secondary N) is 2. The molecule has 2 aromatic heterocycles. The van der Waals surface area contributed by atoms with Gasteiger partial charge < -0.3 is 10.1 Å². The molecule has 0 fully saturated rings. The summed E-state index contributed by atoms with van der Waals surface area (Å²) in [6.07, 6.45) is 0. The molecule has 0 saturated carbocycles. The van der Waals surface area contributed by atoms with Gasteiger partial charge in [0.15, 0.2) is 0 Å². The Labute approximate surface area is 165 Å². The number of nitrogens with zero attached hydrogens (tertiary/aromatic N) is 5. The highest BCUT2D eigenvalue weighted by Gasteiger charge is 2.35. The summed E-state index contributed by atoms with van der Waals surface area (Å²) in [4.78, 5) is 12.7. The van der Waals surface area contributed by atoms with E-state index in [9.17, 15) is 4.79 Å². The number of rotatable bonds is 3. The molecule has 9 nitrogen and oxygen atoms in total. The Kier molecular flexibility index (Phi) is 3.87. The van der Waals surface area contributed by atoms with Crippen LogP contribution >= 0.6 is 0 Å². The fourth-order valence-electron chi connectivity index (χ4n) is 3.65. The standard InChI is InChI=1S/C20H17N7O2/c1-11-7-9-12(10-8-11)16-15-17(19(28)23-22-16)21-20-24-25-26-27(20)18(15)13-5-3-4-6-14(13)29-2/h3-10,18H,1-2H3,(H,23,28)(H,21,24,26)/t18-/m1/s1. The van der Waals surface area contributed by atoms with E-state index in [2.05, 4.69) is 31.0 Å². The van der Waals surface area contributed by atoms with E-state index in [1.54, 1.807) is 11.8 Å². The second-order valence-corrected chi connectivity index (χ2v) is 6.77. The summed E-state index contributed by atoms with van der Waals surface area (Å²) in [5, 5.41) is 22.0. The number of benzene rings is 2. The van der Waals surface area contributed by atoms with Gasteiger partial charge in [-0.3, -0.25) is 4.79 Å². The predicted molar refractivity (Wildman–Crippen MR) is 106 cm³/mol. The van der Waals surface area contributed by atoms with Crippen molar-refractivity contribution in [1.82, 2.24) is 30.4 Å². The van der Waals surface area contributed by atoms with Gasteiger partial charge in [0, 0.05) is 16.7 Å². The summed E-state index contributed by atoms with van der Waals surface area (Å²) in [7, 11) is 1.61. The fraction of sp³-hybridized carbons (Fsp3) is 0.150. The van der Waals surface area contributed by atoms with E-state index >= 15 is 0 Å². The van der Waals surface area contributed by atoms with Crippen molar-refractivity contribution < 1.29 is 4.74 Å². The molecule has 144 valence electrons. The Balaban J connectivity index is 1.84. The smallest absolute Gasteiger partial charge is 0.288 e. The van der Waals surface area contributed by atoms with Crippen LogP contribution in [0.1, 0.15) is 22.7 Å². The van der Waals surface area contributed by atoms with Crippen LogP contribution < -0.4 is 15.6 Å². The van der Waals surface area contributed by atoms with E-state index in [0.717, 1.165) is 16.7 Å². The van der Waals surface area contributed by atoms with Gasteiger partial charge in [-0.1, -0.05) is 53.1 Å². The van der Waals surface area contributed by atoms with Crippen LogP contribution in [0.4, 0.5) is 11.6 Å². The molecule has 0 saturated heterocycles. The Morgan fingerprint density at radius 1 is 1.10 bits per heavy atom. The molecule has 2 aromatic carbocycles. The van der Waals surface area contributed by atoms with Crippen molar-refractivity contribution in [3.63, 3.8) is 0 Å². The number of fused-ring (bicyclic) bond motifs is 2. The van der Waals surface area contributed by atoms with Crippen LogP contribution in [-0.2, 0) is 0 Å². The monoisotopic (exact) mass is 387 g/mol. The van der Waals surface area contributed by atoms with Gasteiger partial charge in [-0.05, 0) is 23.4 Å². The van der Waals surface area contributed by atoms with E-state index in [0.29, 0.717) is 28.6 Å². The van der Waals surface area contributed by atoms with E-state index in [-0.39, 0.29) is 5.56 Å². The van der Waals surface area contributed by atoms with Crippen LogP contribution in [0.2, 0.25) is 0 Å². The molecular formula is C20H17N7O2. The van der Waals surface area contributed by atoms with E-state index < -0.39 is 6.04 Å². The molecule has 5 rings (SSSR count). The summed E-state index contributed by atoms with van der Waals surface area (Å²) in [6, 6.07) is 15.1. The van der Waals surface area contributed by atoms with Gasteiger partial charge in [0.25, 0.3) is 5.56 Å². The van der Waals surface area contributed by atoms with Crippen LogP contribution in [0.15, 0.2) is 53.3 Å². The molecule has 0 aliphatic carbocycles. The number of aromatic nitrogens is 6. The SMILES string of the molecule is COc1ccccc1[C@@H]1c2c(-c3ccc(C)cc3)n[nH]c(=O)c2Nc2nnnn21. The molecule has 1 atom stereocenters. The van der Waals surface area contributed by atoms with Gasteiger partial charge in [-0.25, -0.2) is 5.10 Å². The number of aryl methyl sites for hydroxylation is 1.